The molecule has 12 heteroatoms. The van der Waals surface area contributed by atoms with Crippen molar-refractivity contribution in [3.8, 4) is 22.3 Å². The van der Waals surface area contributed by atoms with Crippen molar-refractivity contribution in [3.63, 3.8) is 0 Å². The summed E-state index contributed by atoms with van der Waals surface area (Å²) in [7, 11) is 0. The minimum absolute atomic E-state index is 0.148. The summed E-state index contributed by atoms with van der Waals surface area (Å²) in [6, 6.07) is 28.5. The highest BCUT2D eigenvalue weighted by atomic mass is 19.4. The van der Waals surface area contributed by atoms with Gasteiger partial charge in [0, 0.05) is 11.8 Å². The first-order chi connectivity index (χ1) is 24.3. The van der Waals surface area contributed by atoms with E-state index >= 15 is 0 Å². The average molecular weight is 704 g/mol. The molecule has 0 spiro atoms. The van der Waals surface area contributed by atoms with E-state index in [1.807, 2.05) is 12.1 Å². The van der Waals surface area contributed by atoms with Gasteiger partial charge in [-0.1, -0.05) is 91.3 Å². The largest absolute Gasteiger partial charge is 0.416 e. The summed E-state index contributed by atoms with van der Waals surface area (Å²) in [5.41, 5.74) is 2.18. The van der Waals surface area contributed by atoms with E-state index in [0.717, 1.165) is 28.8 Å². The van der Waals surface area contributed by atoms with Gasteiger partial charge in [0.05, 0.1) is 5.56 Å². The predicted molar refractivity (Wildman–Crippen MR) is 179 cm³/mol. The molecule has 0 bridgehead atoms. The number of anilines is 1. The number of nitrogens with one attached hydrogen (secondary N) is 1. The molecule has 0 radical (unpaired) electrons. The average Bonchev–Trinajstić information content (AvgIpc) is 3.40. The normalized spacial score (nSPS) is 13.3. The van der Waals surface area contributed by atoms with Crippen molar-refractivity contribution in [3.05, 3.63) is 143 Å². The zero-order valence-corrected chi connectivity index (χ0v) is 26.9. The zero-order chi connectivity index (χ0) is 36.4. The number of unbranched alkanes of at least 4 members (excludes halogenated alkanes) is 1. The SMILES string of the molecule is O=C(Nc1ccc(CCCCC2(C(=O)N(O)CC(F)(F)F)c3ccccc3-c3ccccc32)cn1)c1ccccc1-c1ccc(C(F)(F)F)cc1. The number of alkyl halides is 6. The van der Waals surface area contributed by atoms with E-state index in [-0.39, 0.29) is 22.9 Å². The number of halogens is 6. The Morgan fingerprint density at radius 3 is 1.88 bits per heavy atom. The van der Waals surface area contributed by atoms with Crippen LogP contribution in [0.1, 0.15) is 51.9 Å². The fourth-order valence-corrected chi connectivity index (χ4v) is 6.71. The van der Waals surface area contributed by atoms with Crippen LogP contribution in [0.15, 0.2) is 115 Å². The Morgan fingerprint density at radius 1 is 0.725 bits per heavy atom. The van der Waals surface area contributed by atoms with Gasteiger partial charge in [0.1, 0.15) is 17.8 Å². The molecule has 1 aliphatic carbocycles. The molecule has 5 aromatic rings. The van der Waals surface area contributed by atoms with Crippen LogP contribution in [0.2, 0.25) is 0 Å². The van der Waals surface area contributed by atoms with Crippen LogP contribution in [0.4, 0.5) is 32.2 Å². The summed E-state index contributed by atoms with van der Waals surface area (Å²) in [6.07, 6.45) is -6.07. The van der Waals surface area contributed by atoms with Crippen LogP contribution in [0.25, 0.3) is 22.3 Å². The second kappa shape index (κ2) is 14.0. The molecule has 0 unspecified atom stereocenters. The van der Waals surface area contributed by atoms with E-state index in [1.165, 1.54) is 12.1 Å². The van der Waals surface area contributed by atoms with Crippen molar-refractivity contribution >= 4 is 17.6 Å². The molecule has 6 nitrogen and oxygen atoms in total. The highest BCUT2D eigenvalue weighted by Crippen LogP contribution is 2.52. The number of hydroxylamine groups is 2. The number of benzene rings is 4. The molecule has 2 N–H and O–H groups in total. The van der Waals surface area contributed by atoms with Crippen LogP contribution < -0.4 is 5.32 Å². The monoisotopic (exact) mass is 703 g/mol. The molecule has 1 heterocycles. The number of nitrogens with zero attached hydrogens (tertiary/aromatic N) is 2. The molecule has 0 aliphatic heterocycles. The molecule has 1 aliphatic rings. The lowest BCUT2D eigenvalue weighted by Crippen LogP contribution is -2.48. The molecule has 4 aromatic carbocycles. The van der Waals surface area contributed by atoms with Crippen molar-refractivity contribution in [2.75, 3.05) is 11.9 Å². The summed E-state index contributed by atoms with van der Waals surface area (Å²) in [6.45, 7) is -1.80. The fourth-order valence-electron chi connectivity index (χ4n) is 6.71. The van der Waals surface area contributed by atoms with E-state index in [2.05, 4.69) is 10.3 Å². The Morgan fingerprint density at radius 2 is 1.31 bits per heavy atom. The minimum Gasteiger partial charge on any atom is -0.307 e. The maximum atomic E-state index is 13.8. The number of carbonyl (C=O) groups is 2. The Labute approximate surface area is 289 Å². The first-order valence-corrected chi connectivity index (χ1v) is 16.1. The van der Waals surface area contributed by atoms with E-state index in [1.54, 1.807) is 79.0 Å². The molecule has 6 rings (SSSR count). The lowest BCUT2D eigenvalue weighted by Gasteiger charge is -2.34. The number of hydrogen-bond donors (Lipinski definition) is 2. The molecule has 0 fully saturated rings. The van der Waals surface area contributed by atoms with E-state index in [0.29, 0.717) is 41.5 Å². The van der Waals surface area contributed by atoms with E-state index in [9.17, 15) is 41.1 Å². The topological polar surface area (TPSA) is 82.5 Å². The molecule has 1 aromatic heterocycles. The molecule has 0 saturated carbocycles. The van der Waals surface area contributed by atoms with Gasteiger partial charge >= 0.3 is 12.4 Å². The standard InChI is InChI=1S/C39H31F6N3O3/c40-38(41,42)24-48(51)36(50)37(32-14-5-3-11-29(32)30-12-4-6-15-33(30)37)22-8-7-9-25-16-21-34(46-23-25)47-35(49)31-13-2-1-10-28(31)26-17-19-27(20-18-26)39(43,44)45/h1-6,10-21,23,51H,7-9,22,24H2,(H,46,47,49). The minimum atomic E-state index is -4.79. The number of amides is 2. The van der Waals surface area contributed by atoms with Crippen LogP contribution in [-0.2, 0) is 22.8 Å². The van der Waals surface area contributed by atoms with Crippen molar-refractivity contribution in [2.45, 2.75) is 43.5 Å². The number of aryl methyl sites for hydroxylation is 1. The summed E-state index contributed by atoms with van der Waals surface area (Å²) in [5, 5.41) is 12.9. The Hall–Kier alpha value is -5.49. The van der Waals surface area contributed by atoms with Gasteiger partial charge in [0.15, 0.2) is 0 Å². The summed E-state index contributed by atoms with van der Waals surface area (Å²) < 4.78 is 78.9. The highest BCUT2D eigenvalue weighted by molar-refractivity contribution is 6.08. The number of fused-ring (bicyclic) bond motifs is 3. The molecule has 0 atom stereocenters. The molecule has 262 valence electrons. The Kier molecular flexibility index (Phi) is 9.72. The van der Waals surface area contributed by atoms with Crippen LogP contribution in [0.5, 0.6) is 0 Å². The van der Waals surface area contributed by atoms with Crippen LogP contribution in [0, 0.1) is 0 Å². The Balaban J connectivity index is 1.14. The molecule has 2 amide bonds. The highest BCUT2D eigenvalue weighted by Gasteiger charge is 2.51. The smallest absolute Gasteiger partial charge is 0.307 e. The maximum Gasteiger partial charge on any atom is 0.416 e. The van der Waals surface area contributed by atoms with Crippen molar-refractivity contribution < 1.29 is 41.1 Å². The van der Waals surface area contributed by atoms with Gasteiger partial charge in [-0.05, 0) is 82.5 Å². The number of aromatic nitrogens is 1. The fraction of sp³-hybridized carbons (Fsp3) is 0.205. The van der Waals surface area contributed by atoms with E-state index in [4.69, 9.17) is 0 Å². The zero-order valence-electron chi connectivity index (χ0n) is 26.9. The van der Waals surface area contributed by atoms with Crippen molar-refractivity contribution in [1.82, 2.24) is 10.0 Å². The lowest BCUT2D eigenvalue weighted by molar-refractivity contribution is -0.215. The van der Waals surface area contributed by atoms with Crippen molar-refractivity contribution in [1.29, 1.82) is 0 Å². The van der Waals surface area contributed by atoms with E-state index < -0.39 is 41.7 Å². The second-order valence-corrected chi connectivity index (χ2v) is 12.3. The number of rotatable bonds is 10. The quantitative estimate of drug-likeness (QED) is 0.0657. The summed E-state index contributed by atoms with van der Waals surface area (Å²) in [4.78, 5) is 31.3. The third-order valence-electron chi connectivity index (χ3n) is 9.02. The van der Waals surface area contributed by atoms with Gasteiger partial charge in [-0.15, -0.1) is 0 Å². The first kappa shape index (κ1) is 35.3. The molecule has 51 heavy (non-hydrogen) atoms. The Bertz CT molecular complexity index is 2000. The molecule has 0 saturated heterocycles. The summed E-state index contributed by atoms with van der Waals surface area (Å²) >= 11 is 0. The van der Waals surface area contributed by atoms with Gasteiger partial charge in [0.25, 0.3) is 11.8 Å². The van der Waals surface area contributed by atoms with Gasteiger partial charge in [-0.25, -0.2) is 10.0 Å². The molecular formula is C39H31F6N3O3. The van der Waals surface area contributed by atoms with Gasteiger partial charge < -0.3 is 5.32 Å². The van der Waals surface area contributed by atoms with Crippen LogP contribution in [0.3, 0.4) is 0 Å². The maximum absolute atomic E-state index is 13.8. The third kappa shape index (κ3) is 7.36. The first-order valence-electron chi connectivity index (χ1n) is 16.1. The van der Waals surface area contributed by atoms with Gasteiger partial charge in [-0.3, -0.25) is 14.8 Å². The number of carbonyl (C=O) groups excluding carboxylic acids is 2. The second-order valence-electron chi connectivity index (χ2n) is 12.3. The van der Waals surface area contributed by atoms with Gasteiger partial charge in [-0.2, -0.15) is 26.3 Å². The van der Waals surface area contributed by atoms with Gasteiger partial charge in [0.2, 0.25) is 0 Å². The van der Waals surface area contributed by atoms with Crippen LogP contribution >= 0.6 is 0 Å². The molecular weight excluding hydrogens is 672 g/mol. The van der Waals surface area contributed by atoms with Crippen LogP contribution in [-0.4, -0.2) is 39.8 Å². The third-order valence-corrected chi connectivity index (χ3v) is 9.02. The predicted octanol–water partition coefficient (Wildman–Crippen LogP) is 9.48. The number of pyridine rings is 1. The number of hydrogen-bond acceptors (Lipinski definition) is 4. The lowest BCUT2D eigenvalue weighted by atomic mass is 9.73. The van der Waals surface area contributed by atoms with Crippen molar-refractivity contribution in [2.24, 2.45) is 0 Å². The summed E-state index contributed by atoms with van der Waals surface area (Å²) in [5.74, 6) is -1.29.